The Morgan fingerprint density at radius 3 is 2.62 bits per heavy atom. The highest BCUT2D eigenvalue weighted by Crippen LogP contribution is 2.33. The Bertz CT molecular complexity index is 1020. The number of carbonyl (C=O) groups is 2. The normalized spacial score (nSPS) is 10.6. The molecule has 0 aliphatic carbocycles. The van der Waals surface area contributed by atoms with Crippen LogP contribution in [0.5, 0.6) is 5.75 Å². The van der Waals surface area contributed by atoms with Crippen LogP contribution in [0.2, 0.25) is 0 Å². The molecule has 2 aromatic carbocycles. The minimum atomic E-state index is -0.878. The van der Waals surface area contributed by atoms with E-state index >= 15 is 0 Å². The van der Waals surface area contributed by atoms with Gasteiger partial charge in [-0.05, 0) is 31.2 Å². The number of thiazole rings is 1. The van der Waals surface area contributed by atoms with E-state index in [1.54, 1.807) is 12.1 Å². The molecule has 0 atom stereocenters. The van der Waals surface area contributed by atoms with Crippen molar-refractivity contribution in [3.63, 3.8) is 0 Å². The summed E-state index contributed by atoms with van der Waals surface area (Å²) in [4.78, 5) is 29.1. The summed E-state index contributed by atoms with van der Waals surface area (Å²) >= 11 is 1.35. The summed E-state index contributed by atoms with van der Waals surface area (Å²) < 4.78 is 24.6. The van der Waals surface area contributed by atoms with Crippen molar-refractivity contribution < 1.29 is 23.5 Å². The number of carbonyl (C=O) groups excluding carboxylic acids is 2. The molecule has 1 amide bonds. The molecule has 0 bridgehead atoms. The number of esters is 1. The largest absolute Gasteiger partial charge is 0.496 e. The van der Waals surface area contributed by atoms with Crippen molar-refractivity contribution in [2.75, 3.05) is 19.5 Å². The van der Waals surface area contributed by atoms with Crippen molar-refractivity contribution in [2.24, 2.45) is 0 Å². The van der Waals surface area contributed by atoms with Gasteiger partial charge in [-0.25, -0.2) is 14.2 Å². The molecule has 0 spiro atoms. The molecular weight excluding hydrogens is 359 g/mol. The molecule has 0 aliphatic rings. The van der Waals surface area contributed by atoms with Gasteiger partial charge in [0.05, 0.1) is 35.1 Å². The number of rotatable bonds is 4. The Morgan fingerprint density at radius 2 is 1.92 bits per heavy atom. The van der Waals surface area contributed by atoms with Gasteiger partial charge in [-0.1, -0.05) is 6.07 Å². The molecule has 0 fully saturated rings. The highest BCUT2D eigenvalue weighted by molar-refractivity contribution is 7.19. The second kappa shape index (κ2) is 7.09. The van der Waals surface area contributed by atoms with Crippen LogP contribution in [0.3, 0.4) is 0 Å². The monoisotopic (exact) mass is 374 g/mol. The lowest BCUT2D eigenvalue weighted by Crippen LogP contribution is -2.17. The summed E-state index contributed by atoms with van der Waals surface area (Å²) in [7, 11) is 2.60. The predicted molar refractivity (Wildman–Crippen MR) is 96.6 cm³/mol. The first-order chi connectivity index (χ1) is 12.5. The average Bonchev–Trinajstić information content (AvgIpc) is 3.00. The fourth-order valence-corrected chi connectivity index (χ4v) is 3.55. The van der Waals surface area contributed by atoms with Crippen LogP contribution in [0.4, 0.5) is 10.1 Å². The summed E-state index contributed by atoms with van der Waals surface area (Å²) in [6.45, 7) is 1.83. The predicted octanol–water partition coefficient (Wildman–Crippen LogP) is 3.79. The number of methoxy groups -OCH3 is 2. The van der Waals surface area contributed by atoms with Crippen LogP contribution in [0.1, 0.15) is 25.7 Å². The van der Waals surface area contributed by atoms with E-state index in [0.717, 1.165) is 18.2 Å². The Morgan fingerprint density at radius 1 is 1.15 bits per heavy atom. The third kappa shape index (κ3) is 3.11. The molecule has 3 aromatic rings. The minimum Gasteiger partial charge on any atom is -0.496 e. The zero-order valence-electron chi connectivity index (χ0n) is 14.3. The van der Waals surface area contributed by atoms with Crippen LogP contribution in [0.15, 0.2) is 30.3 Å². The van der Waals surface area contributed by atoms with Crippen molar-refractivity contribution in [3.05, 3.63) is 52.3 Å². The first kappa shape index (κ1) is 17.8. The minimum absolute atomic E-state index is 0.0159. The molecule has 1 aromatic heterocycles. The molecule has 0 unspecified atom stereocenters. The van der Waals surface area contributed by atoms with E-state index in [2.05, 4.69) is 15.0 Å². The summed E-state index contributed by atoms with van der Waals surface area (Å²) in [5.74, 6) is -1.84. The maximum atomic E-state index is 14.1. The lowest BCUT2D eigenvalue weighted by Gasteiger charge is -2.13. The van der Waals surface area contributed by atoms with Gasteiger partial charge in [0.2, 0.25) is 0 Å². The number of amides is 1. The van der Waals surface area contributed by atoms with Crippen molar-refractivity contribution in [3.8, 4) is 5.75 Å². The number of anilines is 1. The van der Waals surface area contributed by atoms with E-state index in [1.165, 1.54) is 30.6 Å². The molecule has 1 N–H and O–H groups in total. The Hall–Kier alpha value is -3.00. The lowest BCUT2D eigenvalue weighted by molar-refractivity contribution is 0.0597. The van der Waals surface area contributed by atoms with E-state index in [-0.39, 0.29) is 16.8 Å². The molecule has 3 rings (SSSR count). The molecule has 6 nitrogen and oxygen atoms in total. The Balaban J connectivity index is 2.09. The number of ether oxygens (including phenoxy) is 2. The summed E-state index contributed by atoms with van der Waals surface area (Å²) in [6, 6.07) is 7.35. The second-order valence-electron chi connectivity index (χ2n) is 5.33. The summed E-state index contributed by atoms with van der Waals surface area (Å²) in [5.41, 5.74) is 0.610. The van der Waals surface area contributed by atoms with Crippen molar-refractivity contribution in [1.29, 1.82) is 0 Å². The van der Waals surface area contributed by atoms with Gasteiger partial charge in [-0.2, -0.15) is 0 Å². The van der Waals surface area contributed by atoms with Gasteiger partial charge >= 0.3 is 5.97 Å². The van der Waals surface area contributed by atoms with Crippen LogP contribution >= 0.6 is 11.3 Å². The molecule has 26 heavy (non-hydrogen) atoms. The maximum Gasteiger partial charge on any atom is 0.342 e. The van der Waals surface area contributed by atoms with E-state index in [1.807, 2.05) is 6.92 Å². The van der Waals surface area contributed by atoms with Gasteiger partial charge in [0.25, 0.3) is 5.91 Å². The number of benzene rings is 2. The van der Waals surface area contributed by atoms with E-state index in [4.69, 9.17) is 4.74 Å². The highest BCUT2D eigenvalue weighted by atomic mass is 32.1. The first-order valence-electron chi connectivity index (χ1n) is 7.58. The molecule has 134 valence electrons. The molecule has 1 heterocycles. The summed E-state index contributed by atoms with van der Waals surface area (Å²) in [5, 5.41) is 3.37. The van der Waals surface area contributed by atoms with Crippen molar-refractivity contribution in [1.82, 2.24) is 4.98 Å². The van der Waals surface area contributed by atoms with Gasteiger partial charge in [0.1, 0.15) is 22.7 Å². The van der Waals surface area contributed by atoms with Crippen LogP contribution in [-0.2, 0) is 4.74 Å². The van der Waals surface area contributed by atoms with Gasteiger partial charge in [-0.3, -0.25) is 4.79 Å². The van der Waals surface area contributed by atoms with Crippen LogP contribution in [-0.4, -0.2) is 31.1 Å². The molecule has 0 aliphatic heterocycles. The zero-order valence-corrected chi connectivity index (χ0v) is 15.1. The van der Waals surface area contributed by atoms with Gasteiger partial charge in [-0.15, -0.1) is 11.3 Å². The maximum absolute atomic E-state index is 14.1. The third-order valence-electron chi connectivity index (χ3n) is 3.72. The fraction of sp³-hybridized carbons (Fsp3) is 0.167. The number of hydrogen-bond donors (Lipinski definition) is 1. The highest BCUT2D eigenvalue weighted by Gasteiger charge is 2.23. The number of aromatic nitrogens is 1. The topological polar surface area (TPSA) is 77.5 Å². The van der Waals surface area contributed by atoms with Gasteiger partial charge in [0, 0.05) is 0 Å². The van der Waals surface area contributed by atoms with Gasteiger partial charge in [0.15, 0.2) is 0 Å². The van der Waals surface area contributed by atoms with Gasteiger partial charge < -0.3 is 14.8 Å². The molecule has 0 saturated carbocycles. The number of aryl methyl sites for hydroxylation is 1. The number of fused-ring (bicyclic) bond motifs is 1. The first-order valence-corrected chi connectivity index (χ1v) is 8.40. The number of nitrogens with one attached hydrogen (secondary N) is 1. The quantitative estimate of drug-likeness (QED) is 0.703. The molecular formula is C18H15FN2O4S. The van der Waals surface area contributed by atoms with E-state index in [9.17, 15) is 14.0 Å². The second-order valence-corrected chi connectivity index (χ2v) is 6.54. The van der Waals surface area contributed by atoms with Crippen LogP contribution in [0, 0.1) is 12.7 Å². The number of nitrogens with zero attached hydrogens (tertiary/aromatic N) is 1. The number of hydrogen-bond acceptors (Lipinski definition) is 6. The molecule has 0 radical (unpaired) electrons. The third-order valence-corrected chi connectivity index (χ3v) is 4.73. The van der Waals surface area contributed by atoms with Crippen LogP contribution < -0.4 is 10.1 Å². The van der Waals surface area contributed by atoms with Crippen molar-refractivity contribution >= 4 is 39.1 Å². The Kier molecular flexibility index (Phi) is 4.85. The Labute approximate surface area is 152 Å². The molecule has 0 saturated heterocycles. The average molecular weight is 374 g/mol. The SMILES string of the molecule is COC(=O)c1c(F)cccc1NC(=O)c1c(OC)ccc2nc(C)sc12. The lowest BCUT2D eigenvalue weighted by atomic mass is 10.1. The summed E-state index contributed by atoms with van der Waals surface area (Å²) in [6.07, 6.45) is 0. The van der Waals surface area contributed by atoms with E-state index < -0.39 is 17.7 Å². The fourth-order valence-electron chi connectivity index (χ4n) is 2.59. The standard InChI is InChI=1S/C18H15FN2O4S/c1-9-20-12-7-8-13(24-2)15(16(12)26-9)17(22)21-11-6-4-5-10(19)14(11)18(23)25-3/h4-8H,1-3H3,(H,21,22). The van der Waals surface area contributed by atoms with Crippen LogP contribution in [0.25, 0.3) is 10.2 Å². The smallest absolute Gasteiger partial charge is 0.342 e. The van der Waals surface area contributed by atoms with Crippen molar-refractivity contribution in [2.45, 2.75) is 6.92 Å². The zero-order chi connectivity index (χ0) is 18.8. The van der Waals surface area contributed by atoms with E-state index in [0.29, 0.717) is 16.0 Å². The molecule has 8 heteroatoms. The number of halogens is 1.